The molecule has 0 radical (unpaired) electrons. The molecule has 0 aliphatic rings. The Balaban J connectivity index is 2.64. The number of hydrogen-bond donors (Lipinski definition) is 0. The van der Waals surface area contributed by atoms with Crippen molar-refractivity contribution in [1.29, 1.82) is 0 Å². The zero-order valence-electron chi connectivity index (χ0n) is 13.9. The van der Waals surface area contributed by atoms with E-state index in [-0.39, 0.29) is 11.2 Å². The van der Waals surface area contributed by atoms with Crippen molar-refractivity contribution in [2.24, 2.45) is 0 Å². The highest BCUT2D eigenvalue weighted by molar-refractivity contribution is 7.85. The minimum Gasteiger partial charge on any atom is -0.254 e. The molecule has 1 unspecified atom stereocenters. The predicted octanol–water partition coefficient (Wildman–Crippen LogP) is 5.23. The van der Waals surface area contributed by atoms with E-state index in [4.69, 9.17) is 0 Å². The summed E-state index contributed by atoms with van der Waals surface area (Å²) in [4.78, 5) is 0.753. The van der Waals surface area contributed by atoms with Gasteiger partial charge in [0.1, 0.15) is 5.82 Å². The second kappa shape index (κ2) is 6.33. The second-order valence-electron chi connectivity index (χ2n) is 6.53. The summed E-state index contributed by atoms with van der Waals surface area (Å²) in [6, 6.07) is 11.2. The van der Waals surface area contributed by atoms with E-state index in [2.05, 4.69) is 0 Å². The van der Waals surface area contributed by atoms with Crippen LogP contribution in [-0.2, 0) is 16.2 Å². The third-order valence-electron chi connectivity index (χ3n) is 3.83. The molecule has 3 heteroatoms. The van der Waals surface area contributed by atoms with E-state index in [1.165, 1.54) is 0 Å². The molecular formula is C19H23FOS. The summed E-state index contributed by atoms with van der Waals surface area (Å²) in [5, 5.41) is 0. The topological polar surface area (TPSA) is 17.1 Å². The fourth-order valence-corrected chi connectivity index (χ4v) is 3.32. The summed E-state index contributed by atoms with van der Waals surface area (Å²) in [6.45, 7) is 9.85. The molecule has 0 saturated heterocycles. The molecule has 0 aliphatic carbocycles. The highest BCUT2D eigenvalue weighted by Crippen LogP contribution is 2.34. The standard InChI is InChI=1S/C19H23FOS/c1-6-22(21)14-11-10-13(2)16(12-14)15-8-7-9-17(18(15)20)19(3,4)5/h7-12H,6H2,1-5H3. The van der Waals surface area contributed by atoms with Gasteiger partial charge in [-0.3, -0.25) is 4.21 Å². The van der Waals surface area contributed by atoms with E-state index < -0.39 is 10.8 Å². The number of benzene rings is 2. The number of hydrogen-bond acceptors (Lipinski definition) is 1. The lowest BCUT2D eigenvalue weighted by Crippen LogP contribution is -2.14. The first kappa shape index (κ1) is 16.9. The van der Waals surface area contributed by atoms with Crippen molar-refractivity contribution in [1.82, 2.24) is 0 Å². The van der Waals surface area contributed by atoms with Crippen LogP contribution in [0.3, 0.4) is 0 Å². The van der Waals surface area contributed by atoms with Crippen LogP contribution in [0, 0.1) is 12.7 Å². The van der Waals surface area contributed by atoms with Crippen LogP contribution < -0.4 is 0 Å². The molecule has 0 bridgehead atoms. The predicted molar refractivity (Wildman–Crippen MR) is 92.2 cm³/mol. The SMILES string of the molecule is CCS(=O)c1ccc(C)c(-c2cccc(C(C)(C)C)c2F)c1. The number of halogens is 1. The molecule has 2 rings (SSSR count). The highest BCUT2D eigenvalue weighted by Gasteiger charge is 2.21. The first-order valence-corrected chi connectivity index (χ1v) is 8.86. The Labute approximate surface area is 135 Å². The van der Waals surface area contributed by atoms with Gasteiger partial charge in [-0.25, -0.2) is 4.39 Å². The molecule has 2 aromatic rings. The fourth-order valence-electron chi connectivity index (χ4n) is 2.52. The van der Waals surface area contributed by atoms with Crippen LogP contribution in [0.25, 0.3) is 11.1 Å². The van der Waals surface area contributed by atoms with E-state index in [0.29, 0.717) is 16.9 Å². The van der Waals surface area contributed by atoms with Crippen molar-refractivity contribution in [3.05, 3.63) is 53.3 Å². The van der Waals surface area contributed by atoms with E-state index in [1.54, 1.807) is 6.07 Å². The van der Waals surface area contributed by atoms with Gasteiger partial charge < -0.3 is 0 Å². The van der Waals surface area contributed by atoms with Crippen molar-refractivity contribution >= 4 is 10.8 Å². The molecule has 1 nitrogen and oxygen atoms in total. The van der Waals surface area contributed by atoms with E-state index in [9.17, 15) is 8.60 Å². The summed E-state index contributed by atoms with van der Waals surface area (Å²) in [6.07, 6.45) is 0. The molecule has 2 aromatic carbocycles. The van der Waals surface area contributed by atoms with Gasteiger partial charge in [-0.15, -0.1) is 0 Å². The smallest absolute Gasteiger partial charge is 0.134 e. The largest absolute Gasteiger partial charge is 0.254 e. The molecule has 118 valence electrons. The lowest BCUT2D eigenvalue weighted by atomic mass is 9.84. The van der Waals surface area contributed by atoms with Gasteiger partial charge in [-0.2, -0.15) is 0 Å². The summed E-state index contributed by atoms with van der Waals surface area (Å²) in [7, 11) is -1.03. The zero-order chi connectivity index (χ0) is 16.5. The van der Waals surface area contributed by atoms with Gasteiger partial charge in [0.05, 0.1) is 10.8 Å². The Morgan fingerprint density at radius 1 is 1.09 bits per heavy atom. The second-order valence-corrected chi connectivity index (χ2v) is 8.27. The first-order valence-electron chi connectivity index (χ1n) is 7.54. The highest BCUT2D eigenvalue weighted by atomic mass is 32.2. The Bertz CT molecular complexity index is 714. The van der Waals surface area contributed by atoms with Crippen LogP contribution in [0.1, 0.15) is 38.8 Å². The van der Waals surface area contributed by atoms with Gasteiger partial charge >= 0.3 is 0 Å². The van der Waals surface area contributed by atoms with Crippen LogP contribution in [0.5, 0.6) is 0 Å². The van der Waals surface area contributed by atoms with Crippen molar-refractivity contribution in [3.8, 4) is 11.1 Å². The zero-order valence-corrected chi connectivity index (χ0v) is 14.7. The van der Waals surface area contributed by atoms with Gasteiger partial charge in [-0.05, 0) is 41.2 Å². The summed E-state index contributed by atoms with van der Waals surface area (Å²) < 4.78 is 27.0. The normalized spacial score (nSPS) is 13.2. The third-order valence-corrected chi connectivity index (χ3v) is 5.14. The van der Waals surface area contributed by atoms with Gasteiger partial charge in [0.25, 0.3) is 0 Å². The maximum atomic E-state index is 15.0. The molecule has 22 heavy (non-hydrogen) atoms. The van der Waals surface area contributed by atoms with Gasteiger partial charge in [-0.1, -0.05) is 52.0 Å². The Kier molecular flexibility index (Phi) is 4.86. The molecular weight excluding hydrogens is 295 g/mol. The molecule has 0 heterocycles. The lowest BCUT2D eigenvalue weighted by Gasteiger charge is -2.21. The summed E-state index contributed by atoms with van der Waals surface area (Å²) in [5.74, 6) is 0.380. The van der Waals surface area contributed by atoms with Crippen molar-refractivity contribution < 1.29 is 8.60 Å². The quantitative estimate of drug-likeness (QED) is 0.757. The average Bonchev–Trinajstić information content (AvgIpc) is 2.46. The number of rotatable bonds is 3. The van der Waals surface area contributed by atoms with E-state index in [1.807, 2.05) is 65.0 Å². The molecule has 0 amide bonds. The van der Waals surface area contributed by atoms with Crippen molar-refractivity contribution in [2.75, 3.05) is 5.75 Å². The first-order chi connectivity index (χ1) is 10.3. The molecule has 0 aromatic heterocycles. The van der Waals surface area contributed by atoms with Gasteiger partial charge in [0.2, 0.25) is 0 Å². The Hall–Kier alpha value is -1.48. The molecule has 0 saturated carbocycles. The van der Waals surface area contributed by atoms with Crippen LogP contribution in [0.15, 0.2) is 41.3 Å². The van der Waals surface area contributed by atoms with E-state index in [0.717, 1.165) is 16.0 Å². The van der Waals surface area contributed by atoms with Crippen LogP contribution >= 0.6 is 0 Å². The summed E-state index contributed by atoms with van der Waals surface area (Å²) >= 11 is 0. The van der Waals surface area contributed by atoms with Gasteiger partial charge in [0.15, 0.2) is 0 Å². The van der Waals surface area contributed by atoms with Gasteiger partial charge in [0, 0.05) is 16.2 Å². The van der Waals surface area contributed by atoms with Crippen LogP contribution in [0.2, 0.25) is 0 Å². The molecule has 0 aliphatic heterocycles. The van der Waals surface area contributed by atoms with E-state index >= 15 is 0 Å². The van der Waals surface area contributed by atoms with Crippen molar-refractivity contribution in [2.45, 2.75) is 44.9 Å². The molecule has 1 atom stereocenters. The molecule has 0 spiro atoms. The van der Waals surface area contributed by atoms with Crippen molar-refractivity contribution in [3.63, 3.8) is 0 Å². The number of aryl methyl sites for hydroxylation is 1. The third kappa shape index (κ3) is 3.30. The average molecular weight is 318 g/mol. The lowest BCUT2D eigenvalue weighted by molar-refractivity contribution is 0.525. The maximum Gasteiger partial charge on any atom is 0.134 e. The Morgan fingerprint density at radius 2 is 1.77 bits per heavy atom. The monoisotopic (exact) mass is 318 g/mol. The fraction of sp³-hybridized carbons (Fsp3) is 0.368. The maximum absolute atomic E-state index is 15.0. The molecule has 0 fully saturated rings. The Morgan fingerprint density at radius 3 is 2.36 bits per heavy atom. The van der Waals surface area contributed by atoms with Crippen LogP contribution in [0.4, 0.5) is 4.39 Å². The molecule has 0 N–H and O–H groups in total. The summed E-state index contributed by atoms with van der Waals surface area (Å²) in [5.41, 5.74) is 2.84. The minimum absolute atomic E-state index is 0.183. The van der Waals surface area contributed by atoms with Crippen LogP contribution in [-0.4, -0.2) is 9.96 Å². The minimum atomic E-state index is -1.03.